The summed E-state index contributed by atoms with van der Waals surface area (Å²) in [6.45, 7) is 7.73. The van der Waals surface area contributed by atoms with E-state index >= 15 is 0 Å². The number of ether oxygens (including phenoxy) is 1. The number of halogens is 1. The Morgan fingerprint density at radius 1 is 1.26 bits per heavy atom. The topological polar surface area (TPSA) is 78.2 Å². The Morgan fingerprint density at radius 2 is 1.94 bits per heavy atom. The minimum Gasteiger partial charge on any atom is -0.461 e. The Kier molecular flexibility index (Phi) is 6.85. The summed E-state index contributed by atoms with van der Waals surface area (Å²) in [5.41, 5.74) is 3.27. The van der Waals surface area contributed by atoms with Gasteiger partial charge in [0.1, 0.15) is 0 Å². The van der Waals surface area contributed by atoms with Gasteiger partial charge in [-0.2, -0.15) is 5.10 Å². The molecule has 1 aromatic carbocycles. The molecule has 0 bridgehead atoms. The number of nitrogens with one attached hydrogen (secondary N) is 1. The summed E-state index contributed by atoms with van der Waals surface area (Å²) >= 11 is 6.10. The van der Waals surface area contributed by atoms with Gasteiger partial charge in [-0.1, -0.05) is 23.7 Å². The number of hydrogen-bond acceptors (Lipinski definition) is 5. The van der Waals surface area contributed by atoms with Gasteiger partial charge >= 0.3 is 5.97 Å². The van der Waals surface area contributed by atoms with Crippen LogP contribution in [0, 0.1) is 6.92 Å². The molecule has 2 aromatic heterocycles. The Balaban J connectivity index is 2.17. The van der Waals surface area contributed by atoms with Crippen LogP contribution in [-0.2, 0) is 11.8 Å². The predicted octanol–water partition coefficient (Wildman–Crippen LogP) is 4.50. The Morgan fingerprint density at radius 3 is 2.52 bits per heavy atom. The van der Waals surface area contributed by atoms with E-state index in [1.54, 1.807) is 56.2 Å². The summed E-state index contributed by atoms with van der Waals surface area (Å²) in [6.07, 6.45) is 3.42. The number of aryl methyl sites for hydroxylation is 2. The van der Waals surface area contributed by atoms with Crippen molar-refractivity contribution in [3.63, 3.8) is 0 Å². The molecule has 8 heteroatoms. The zero-order valence-electron chi connectivity index (χ0n) is 18.3. The predicted molar refractivity (Wildman–Crippen MR) is 122 cm³/mol. The molecular formula is C23H27ClN4O3. The molecule has 0 radical (unpaired) electrons. The fourth-order valence-electron chi connectivity index (χ4n) is 3.51. The quantitative estimate of drug-likeness (QED) is 0.545. The van der Waals surface area contributed by atoms with Gasteiger partial charge in [0.05, 0.1) is 24.5 Å². The largest absolute Gasteiger partial charge is 0.461 e. The SMILES string of the molecule is CCOC(=O)c1c(C(Nc2cc(C)c(=O)n(C)c2)c2ccc(Cl)cc2)cnn1C(C)C. The molecule has 164 valence electrons. The third kappa shape index (κ3) is 4.82. The summed E-state index contributed by atoms with van der Waals surface area (Å²) in [6, 6.07) is 8.75. The molecular weight excluding hydrogens is 416 g/mol. The molecule has 1 N–H and O–H groups in total. The highest BCUT2D eigenvalue weighted by Crippen LogP contribution is 2.31. The number of aromatic nitrogens is 3. The fraction of sp³-hybridized carbons (Fsp3) is 0.348. The molecule has 0 aliphatic rings. The summed E-state index contributed by atoms with van der Waals surface area (Å²) in [7, 11) is 1.71. The van der Waals surface area contributed by atoms with Crippen LogP contribution in [0.4, 0.5) is 5.69 Å². The lowest BCUT2D eigenvalue weighted by atomic mass is 9.98. The Labute approximate surface area is 186 Å². The second-order valence-electron chi connectivity index (χ2n) is 7.66. The first-order valence-corrected chi connectivity index (χ1v) is 10.5. The smallest absolute Gasteiger partial charge is 0.356 e. The average Bonchev–Trinajstić information content (AvgIpc) is 3.16. The van der Waals surface area contributed by atoms with Crippen LogP contribution in [0.5, 0.6) is 0 Å². The van der Waals surface area contributed by atoms with Crippen LogP contribution in [0.1, 0.15) is 60.0 Å². The maximum Gasteiger partial charge on any atom is 0.356 e. The van der Waals surface area contributed by atoms with Crippen molar-refractivity contribution in [2.24, 2.45) is 7.05 Å². The number of esters is 1. The van der Waals surface area contributed by atoms with Gasteiger partial charge in [0.25, 0.3) is 5.56 Å². The molecule has 1 atom stereocenters. The zero-order valence-corrected chi connectivity index (χ0v) is 19.1. The van der Waals surface area contributed by atoms with E-state index in [2.05, 4.69) is 10.4 Å². The van der Waals surface area contributed by atoms with Crippen LogP contribution < -0.4 is 10.9 Å². The second-order valence-corrected chi connectivity index (χ2v) is 8.10. The number of anilines is 1. The zero-order chi connectivity index (χ0) is 22.7. The molecule has 7 nitrogen and oxygen atoms in total. The fourth-order valence-corrected chi connectivity index (χ4v) is 3.63. The lowest BCUT2D eigenvalue weighted by Gasteiger charge is -2.22. The van der Waals surface area contributed by atoms with E-state index in [0.29, 0.717) is 21.8 Å². The molecule has 0 amide bonds. The molecule has 3 aromatic rings. The number of benzene rings is 1. The van der Waals surface area contributed by atoms with Gasteiger partial charge < -0.3 is 14.6 Å². The number of hydrogen-bond donors (Lipinski definition) is 1. The average molecular weight is 443 g/mol. The Bertz CT molecular complexity index is 1110. The minimum atomic E-state index is -0.430. The molecule has 0 aliphatic heterocycles. The van der Waals surface area contributed by atoms with E-state index in [0.717, 1.165) is 11.3 Å². The maximum absolute atomic E-state index is 12.9. The van der Waals surface area contributed by atoms with Crippen LogP contribution in [0.3, 0.4) is 0 Å². The van der Waals surface area contributed by atoms with Crippen LogP contribution in [0.25, 0.3) is 0 Å². The van der Waals surface area contributed by atoms with Gasteiger partial charge in [0, 0.05) is 35.4 Å². The van der Waals surface area contributed by atoms with Crippen molar-refractivity contribution in [3.8, 4) is 0 Å². The summed E-state index contributed by atoms with van der Waals surface area (Å²) < 4.78 is 8.53. The first-order chi connectivity index (χ1) is 14.7. The van der Waals surface area contributed by atoms with Crippen LogP contribution in [0.2, 0.25) is 5.02 Å². The van der Waals surface area contributed by atoms with E-state index in [1.165, 1.54) is 4.57 Å². The number of carbonyl (C=O) groups is 1. The maximum atomic E-state index is 12.9. The highest BCUT2D eigenvalue weighted by Gasteiger charge is 2.28. The summed E-state index contributed by atoms with van der Waals surface area (Å²) in [4.78, 5) is 25.0. The number of nitrogens with zero attached hydrogens (tertiary/aromatic N) is 3. The summed E-state index contributed by atoms with van der Waals surface area (Å²) in [5.74, 6) is -0.430. The highest BCUT2D eigenvalue weighted by molar-refractivity contribution is 6.30. The number of pyridine rings is 1. The van der Waals surface area contributed by atoms with Crippen molar-refractivity contribution in [2.45, 2.75) is 39.8 Å². The van der Waals surface area contributed by atoms with Gasteiger partial charge in [-0.25, -0.2) is 4.79 Å². The summed E-state index contributed by atoms with van der Waals surface area (Å²) in [5, 5.41) is 8.55. The molecule has 31 heavy (non-hydrogen) atoms. The van der Waals surface area contributed by atoms with Gasteiger partial charge in [0.2, 0.25) is 0 Å². The van der Waals surface area contributed by atoms with E-state index in [-0.39, 0.29) is 18.2 Å². The van der Waals surface area contributed by atoms with Crippen molar-refractivity contribution >= 4 is 23.3 Å². The first kappa shape index (κ1) is 22.6. The second kappa shape index (κ2) is 9.39. The van der Waals surface area contributed by atoms with Crippen LogP contribution in [-0.4, -0.2) is 26.9 Å². The molecule has 0 saturated heterocycles. The van der Waals surface area contributed by atoms with Crippen molar-refractivity contribution < 1.29 is 9.53 Å². The molecule has 2 heterocycles. The van der Waals surface area contributed by atoms with Crippen molar-refractivity contribution in [1.82, 2.24) is 14.3 Å². The van der Waals surface area contributed by atoms with E-state index in [9.17, 15) is 9.59 Å². The molecule has 1 unspecified atom stereocenters. The van der Waals surface area contributed by atoms with E-state index < -0.39 is 12.0 Å². The third-order valence-electron chi connectivity index (χ3n) is 4.97. The van der Waals surface area contributed by atoms with E-state index in [1.807, 2.05) is 26.0 Å². The molecule has 3 rings (SSSR count). The van der Waals surface area contributed by atoms with Gasteiger partial charge in [-0.05, 0) is 51.5 Å². The number of carbonyl (C=O) groups excluding carboxylic acids is 1. The lowest BCUT2D eigenvalue weighted by molar-refractivity contribution is 0.0508. The van der Waals surface area contributed by atoms with Crippen LogP contribution >= 0.6 is 11.6 Å². The number of rotatable bonds is 7. The van der Waals surface area contributed by atoms with Crippen molar-refractivity contribution in [2.75, 3.05) is 11.9 Å². The van der Waals surface area contributed by atoms with Gasteiger partial charge in [-0.15, -0.1) is 0 Å². The third-order valence-corrected chi connectivity index (χ3v) is 5.22. The van der Waals surface area contributed by atoms with Crippen molar-refractivity contribution in [1.29, 1.82) is 0 Å². The lowest BCUT2D eigenvalue weighted by Crippen LogP contribution is -2.22. The van der Waals surface area contributed by atoms with Crippen molar-refractivity contribution in [3.05, 3.63) is 80.5 Å². The Hall–Kier alpha value is -3.06. The molecule has 0 aliphatic carbocycles. The molecule has 0 fully saturated rings. The molecule has 0 saturated carbocycles. The minimum absolute atomic E-state index is 0.0289. The standard InChI is InChI=1S/C23H27ClN4O3/c1-6-31-23(30)21-19(12-25-28(21)14(2)3)20(16-7-9-17(24)10-8-16)26-18-11-15(4)22(29)27(5)13-18/h7-14,20,26H,6H2,1-5H3. The monoisotopic (exact) mass is 442 g/mol. The molecule has 0 spiro atoms. The van der Waals surface area contributed by atoms with E-state index in [4.69, 9.17) is 16.3 Å². The normalized spacial score (nSPS) is 12.1. The van der Waals surface area contributed by atoms with Gasteiger partial charge in [0.15, 0.2) is 5.69 Å². The first-order valence-electron chi connectivity index (χ1n) is 10.2. The van der Waals surface area contributed by atoms with Crippen LogP contribution in [0.15, 0.2) is 47.5 Å². The van der Waals surface area contributed by atoms with Gasteiger partial charge in [-0.3, -0.25) is 9.48 Å². The highest BCUT2D eigenvalue weighted by atomic mass is 35.5.